The van der Waals surface area contributed by atoms with Crippen LogP contribution in [0.25, 0.3) is 0 Å². The monoisotopic (exact) mass is 219 g/mol. The summed E-state index contributed by atoms with van der Waals surface area (Å²) >= 11 is 5.35. The second-order valence-corrected chi connectivity index (χ2v) is 2.86. The van der Waals surface area contributed by atoms with E-state index in [1.165, 1.54) is 0 Å². The number of amides is 1. The van der Waals surface area contributed by atoms with Crippen molar-refractivity contribution in [1.29, 1.82) is 0 Å². The van der Waals surface area contributed by atoms with Crippen molar-refractivity contribution in [3.8, 4) is 0 Å². The Bertz CT molecular complexity index is 194. The molecule has 0 saturated heterocycles. The summed E-state index contributed by atoms with van der Waals surface area (Å²) in [5.74, 6) is -0.508. The van der Waals surface area contributed by atoms with Gasteiger partial charge in [0.05, 0.1) is 6.61 Å². The number of nitrogens with one attached hydrogen (secondary N) is 1. The number of halogens is 1. The van der Waals surface area contributed by atoms with Gasteiger partial charge < -0.3 is 10.1 Å². The normalized spacial score (nSPS) is 10.1. The van der Waals surface area contributed by atoms with Crippen LogP contribution in [0.4, 0.5) is 0 Å². The molecule has 0 unspecified atom stereocenters. The zero-order valence-electron chi connectivity index (χ0n) is 8.09. The molecule has 0 spiro atoms. The Hall–Kier alpha value is -1.03. The van der Waals surface area contributed by atoms with Gasteiger partial charge in [0, 0.05) is 24.6 Å². The number of alkyl halides is 1. The topological polar surface area (TPSA) is 55.4 Å². The van der Waals surface area contributed by atoms with E-state index in [1.807, 2.05) is 6.92 Å². The van der Waals surface area contributed by atoms with E-state index >= 15 is 0 Å². The highest BCUT2D eigenvalue weighted by Gasteiger charge is 1.97. The van der Waals surface area contributed by atoms with E-state index in [1.54, 1.807) is 0 Å². The molecule has 1 N–H and O–H groups in total. The summed E-state index contributed by atoms with van der Waals surface area (Å²) in [6, 6.07) is 0. The fraction of sp³-hybridized carbons (Fsp3) is 0.556. The molecule has 0 atom stereocenters. The van der Waals surface area contributed by atoms with E-state index in [2.05, 4.69) is 5.32 Å². The second kappa shape index (κ2) is 8.56. The molecule has 0 aromatic carbocycles. The third-order valence-electron chi connectivity index (χ3n) is 1.21. The Morgan fingerprint density at radius 1 is 1.43 bits per heavy atom. The molecule has 0 bridgehead atoms. The lowest BCUT2D eigenvalue weighted by Crippen LogP contribution is -2.23. The van der Waals surface area contributed by atoms with Crippen LogP contribution in [0.3, 0.4) is 0 Å². The number of esters is 1. The lowest BCUT2D eigenvalue weighted by Gasteiger charge is -1.98. The van der Waals surface area contributed by atoms with E-state index in [-0.39, 0.29) is 5.91 Å². The van der Waals surface area contributed by atoms with Gasteiger partial charge in [-0.2, -0.15) is 0 Å². The molecule has 0 aliphatic carbocycles. The van der Waals surface area contributed by atoms with Crippen LogP contribution in [-0.4, -0.2) is 30.9 Å². The fourth-order valence-electron chi connectivity index (χ4n) is 0.624. The average Bonchev–Trinajstić information content (AvgIpc) is 2.20. The highest BCUT2D eigenvalue weighted by atomic mass is 35.5. The molecule has 0 aromatic heterocycles. The SMILES string of the molecule is CCCOC(=O)/C=C/C(=O)NCCCl. The average molecular weight is 220 g/mol. The molecule has 0 aliphatic rings. The molecular formula is C9H14ClNO3. The van der Waals surface area contributed by atoms with Crippen LogP contribution < -0.4 is 5.32 Å². The number of ether oxygens (including phenoxy) is 1. The third-order valence-corrected chi connectivity index (χ3v) is 1.40. The van der Waals surface area contributed by atoms with Crippen LogP contribution in [0.2, 0.25) is 0 Å². The number of carbonyl (C=O) groups excluding carboxylic acids is 2. The summed E-state index contributed by atoms with van der Waals surface area (Å²) in [5.41, 5.74) is 0. The lowest BCUT2D eigenvalue weighted by atomic mass is 10.4. The highest BCUT2D eigenvalue weighted by molar-refractivity contribution is 6.18. The Morgan fingerprint density at radius 2 is 2.14 bits per heavy atom. The molecule has 4 nitrogen and oxygen atoms in total. The van der Waals surface area contributed by atoms with E-state index in [0.717, 1.165) is 18.6 Å². The molecule has 1 amide bonds. The van der Waals surface area contributed by atoms with Crippen molar-refractivity contribution in [2.45, 2.75) is 13.3 Å². The van der Waals surface area contributed by atoms with Crippen molar-refractivity contribution in [2.24, 2.45) is 0 Å². The summed E-state index contributed by atoms with van der Waals surface area (Å²) < 4.78 is 4.71. The van der Waals surface area contributed by atoms with Crippen LogP contribution in [0.1, 0.15) is 13.3 Å². The van der Waals surface area contributed by atoms with Gasteiger partial charge in [0.25, 0.3) is 0 Å². The molecule has 0 aromatic rings. The second-order valence-electron chi connectivity index (χ2n) is 2.48. The van der Waals surface area contributed by atoms with Crippen LogP contribution in [-0.2, 0) is 14.3 Å². The Balaban J connectivity index is 3.68. The van der Waals surface area contributed by atoms with Crippen molar-refractivity contribution in [3.05, 3.63) is 12.2 Å². The fourth-order valence-corrected chi connectivity index (χ4v) is 0.718. The van der Waals surface area contributed by atoms with Gasteiger partial charge in [0.15, 0.2) is 0 Å². The molecule has 0 radical (unpaired) electrons. The third kappa shape index (κ3) is 7.61. The Kier molecular flexibility index (Phi) is 7.93. The predicted octanol–water partition coefficient (Wildman–Crippen LogP) is 0.851. The van der Waals surface area contributed by atoms with Gasteiger partial charge in [0.1, 0.15) is 0 Å². The molecule has 0 rings (SSSR count). The maximum absolute atomic E-state index is 10.9. The first kappa shape index (κ1) is 13.0. The zero-order chi connectivity index (χ0) is 10.8. The smallest absolute Gasteiger partial charge is 0.330 e. The molecule has 5 heteroatoms. The van der Waals surface area contributed by atoms with Crippen LogP contribution in [0.15, 0.2) is 12.2 Å². The minimum atomic E-state index is -0.507. The van der Waals surface area contributed by atoms with Crippen molar-refractivity contribution >= 4 is 23.5 Å². The summed E-state index contributed by atoms with van der Waals surface area (Å²) in [4.78, 5) is 21.8. The molecular weight excluding hydrogens is 206 g/mol. The largest absolute Gasteiger partial charge is 0.463 e. The van der Waals surface area contributed by atoms with Crippen LogP contribution in [0.5, 0.6) is 0 Å². The van der Waals surface area contributed by atoms with Crippen molar-refractivity contribution in [1.82, 2.24) is 5.32 Å². The van der Waals surface area contributed by atoms with Gasteiger partial charge in [-0.1, -0.05) is 6.92 Å². The number of carbonyl (C=O) groups is 2. The maximum atomic E-state index is 10.9. The van der Waals surface area contributed by atoms with E-state index in [9.17, 15) is 9.59 Å². The summed E-state index contributed by atoms with van der Waals surface area (Å²) in [6.07, 6.45) is 2.99. The number of hydrogen-bond donors (Lipinski definition) is 1. The zero-order valence-corrected chi connectivity index (χ0v) is 8.84. The number of hydrogen-bond acceptors (Lipinski definition) is 3. The summed E-state index contributed by atoms with van der Waals surface area (Å²) in [5, 5.41) is 2.48. The first-order chi connectivity index (χ1) is 6.70. The molecule has 0 aliphatic heterocycles. The minimum Gasteiger partial charge on any atom is -0.463 e. The summed E-state index contributed by atoms with van der Waals surface area (Å²) in [7, 11) is 0. The first-order valence-electron chi connectivity index (χ1n) is 4.39. The lowest BCUT2D eigenvalue weighted by molar-refractivity contribution is -0.138. The summed E-state index contributed by atoms with van der Waals surface area (Å²) in [6.45, 7) is 2.64. The van der Waals surface area contributed by atoms with Gasteiger partial charge in [-0.3, -0.25) is 4.79 Å². The van der Waals surface area contributed by atoms with Crippen molar-refractivity contribution in [3.63, 3.8) is 0 Å². The molecule has 0 heterocycles. The molecule has 80 valence electrons. The Morgan fingerprint density at radius 3 is 2.71 bits per heavy atom. The van der Waals surface area contributed by atoms with Gasteiger partial charge in [0.2, 0.25) is 5.91 Å². The first-order valence-corrected chi connectivity index (χ1v) is 4.92. The maximum Gasteiger partial charge on any atom is 0.330 e. The molecule has 14 heavy (non-hydrogen) atoms. The van der Waals surface area contributed by atoms with Gasteiger partial charge in [-0.25, -0.2) is 4.79 Å². The standard InChI is InChI=1S/C9H14ClNO3/c1-2-7-14-9(13)4-3-8(12)11-6-5-10/h3-4H,2,5-7H2,1H3,(H,11,12)/b4-3+. The van der Waals surface area contributed by atoms with Crippen molar-refractivity contribution < 1.29 is 14.3 Å². The molecule has 0 saturated carbocycles. The molecule has 0 fully saturated rings. The van der Waals surface area contributed by atoms with E-state index < -0.39 is 5.97 Å². The van der Waals surface area contributed by atoms with Crippen LogP contribution >= 0.6 is 11.6 Å². The van der Waals surface area contributed by atoms with E-state index in [0.29, 0.717) is 19.0 Å². The van der Waals surface area contributed by atoms with Gasteiger partial charge in [-0.05, 0) is 6.42 Å². The highest BCUT2D eigenvalue weighted by Crippen LogP contribution is 1.85. The minimum absolute atomic E-state index is 0.347. The predicted molar refractivity (Wildman–Crippen MR) is 54.1 cm³/mol. The van der Waals surface area contributed by atoms with Gasteiger partial charge >= 0.3 is 5.97 Å². The van der Waals surface area contributed by atoms with Gasteiger partial charge in [-0.15, -0.1) is 11.6 Å². The van der Waals surface area contributed by atoms with Crippen LogP contribution in [0, 0.1) is 0 Å². The van der Waals surface area contributed by atoms with E-state index in [4.69, 9.17) is 16.3 Å². The number of rotatable bonds is 6. The Labute approximate surface area is 88.3 Å². The quantitative estimate of drug-likeness (QED) is 0.409. The van der Waals surface area contributed by atoms with Crippen molar-refractivity contribution in [2.75, 3.05) is 19.0 Å².